The number of nitrogens with one attached hydrogen (secondary N) is 1. The summed E-state index contributed by atoms with van der Waals surface area (Å²) in [4.78, 5) is 11.4. The molecule has 0 fully saturated rings. The highest BCUT2D eigenvalue weighted by Gasteiger charge is 2.12. The van der Waals surface area contributed by atoms with E-state index in [0.29, 0.717) is 0 Å². The summed E-state index contributed by atoms with van der Waals surface area (Å²) in [6.45, 7) is 5.74. The van der Waals surface area contributed by atoms with E-state index in [4.69, 9.17) is 0 Å². The Labute approximate surface area is 104 Å². The lowest BCUT2D eigenvalue weighted by atomic mass is 9.98. The third-order valence-electron chi connectivity index (χ3n) is 2.97. The molecule has 0 unspecified atom stereocenters. The number of hydrogen-bond acceptors (Lipinski definition) is 2. The molecule has 0 aliphatic carbocycles. The molecule has 0 heterocycles. The maximum Gasteiger partial charge on any atom is 0.147 e. The topological polar surface area (TPSA) is 29.1 Å². The number of rotatable bonds is 5. The third kappa shape index (κ3) is 3.82. The molecule has 2 nitrogen and oxygen atoms in total. The predicted molar refractivity (Wildman–Crippen MR) is 73.1 cm³/mol. The molecule has 1 atom stereocenters. The Bertz CT molecular complexity index is 421. The lowest BCUT2D eigenvalue weighted by Crippen LogP contribution is -2.34. The van der Waals surface area contributed by atoms with Crippen molar-refractivity contribution in [2.45, 2.75) is 33.2 Å². The third-order valence-corrected chi connectivity index (χ3v) is 2.97. The number of carbonyl (C=O) groups excluding carboxylic acids is 1. The van der Waals surface area contributed by atoms with Crippen LogP contribution in [0.25, 0.3) is 6.08 Å². The van der Waals surface area contributed by atoms with Crippen LogP contribution in [-0.4, -0.2) is 18.9 Å². The van der Waals surface area contributed by atoms with Crippen LogP contribution in [-0.2, 0) is 11.2 Å². The number of allylic oxidation sites excluding steroid dienone is 1. The van der Waals surface area contributed by atoms with E-state index in [1.54, 1.807) is 6.92 Å². The smallest absolute Gasteiger partial charge is 0.147 e. The van der Waals surface area contributed by atoms with Crippen LogP contribution in [0, 0.1) is 6.92 Å². The van der Waals surface area contributed by atoms with Crippen LogP contribution in [0.5, 0.6) is 0 Å². The number of benzene rings is 1. The molecule has 0 saturated carbocycles. The predicted octanol–water partition coefficient (Wildman–Crippen LogP) is 2.75. The quantitative estimate of drug-likeness (QED) is 0.844. The summed E-state index contributed by atoms with van der Waals surface area (Å²) in [5, 5.41) is 3.05. The Balaban J connectivity index is 2.92. The first-order valence-electron chi connectivity index (χ1n) is 5.98. The first-order valence-corrected chi connectivity index (χ1v) is 5.98. The fraction of sp³-hybridized carbons (Fsp3) is 0.400. The molecule has 0 aliphatic heterocycles. The zero-order chi connectivity index (χ0) is 12.8. The lowest BCUT2D eigenvalue weighted by Gasteiger charge is -2.13. The molecule has 1 aromatic rings. The summed E-state index contributed by atoms with van der Waals surface area (Å²) >= 11 is 0. The highest BCUT2D eigenvalue weighted by molar-refractivity contribution is 5.81. The van der Waals surface area contributed by atoms with Gasteiger partial charge in [0, 0.05) is 0 Å². The van der Waals surface area contributed by atoms with Crippen LogP contribution < -0.4 is 5.32 Å². The minimum atomic E-state index is -0.0869. The van der Waals surface area contributed by atoms with Gasteiger partial charge < -0.3 is 5.32 Å². The molecule has 0 bridgehead atoms. The van der Waals surface area contributed by atoms with E-state index >= 15 is 0 Å². The van der Waals surface area contributed by atoms with Gasteiger partial charge in [-0.2, -0.15) is 0 Å². The van der Waals surface area contributed by atoms with Gasteiger partial charge in [0.05, 0.1) is 6.04 Å². The molecule has 17 heavy (non-hydrogen) atoms. The molecule has 0 aliphatic rings. The summed E-state index contributed by atoms with van der Waals surface area (Å²) in [6, 6.07) is 6.27. The van der Waals surface area contributed by atoms with Crippen LogP contribution in [0.15, 0.2) is 24.3 Å². The number of carbonyl (C=O) groups is 1. The summed E-state index contributed by atoms with van der Waals surface area (Å²) in [5.74, 6) is 0.181. The van der Waals surface area contributed by atoms with E-state index in [1.165, 1.54) is 16.7 Å². The summed E-state index contributed by atoms with van der Waals surface area (Å²) in [5.41, 5.74) is 3.68. The second-order valence-corrected chi connectivity index (χ2v) is 4.35. The summed E-state index contributed by atoms with van der Waals surface area (Å²) < 4.78 is 0. The van der Waals surface area contributed by atoms with Crippen LogP contribution >= 0.6 is 0 Å². The fourth-order valence-electron chi connectivity index (χ4n) is 1.86. The maximum atomic E-state index is 11.4. The van der Waals surface area contributed by atoms with Gasteiger partial charge in [0.15, 0.2) is 0 Å². The van der Waals surface area contributed by atoms with Crippen molar-refractivity contribution in [3.05, 3.63) is 41.0 Å². The van der Waals surface area contributed by atoms with E-state index in [0.717, 1.165) is 6.42 Å². The Morgan fingerprint density at radius 2 is 2.18 bits per heavy atom. The molecule has 0 radical (unpaired) electrons. The molecule has 0 spiro atoms. The van der Waals surface area contributed by atoms with Gasteiger partial charge in [-0.15, -0.1) is 0 Å². The Morgan fingerprint density at radius 1 is 1.47 bits per heavy atom. The number of ketones is 1. The van der Waals surface area contributed by atoms with E-state index in [1.807, 2.05) is 20.0 Å². The molecule has 1 N–H and O–H groups in total. The first-order chi connectivity index (χ1) is 8.08. The zero-order valence-electron chi connectivity index (χ0n) is 11.1. The van der Waals surface area contributed by atoms with Gasteiger partial charge in [0.1, 0.15) is 5.78 Å². The first kappa shape index (κ1) is 13.7. The van der Waals surface area contributed by atoms with Gasteiger partial charge in [-0.05, 0) is 50.9 Å². The molecular formula is C15H21NO. The molecular weight excluding hydrogens is 210 g/mol. The van der Waals surface area contributed by atoms with Gasteiger partial charge >= 0.3 is 0 Å². The molecule has 2 heteroatoms. The second kappa shape index (κ2) is 6.36. The van der Waals surface area contributed by atoms with Gasteiger partial charge in [-0.1, -0.05) is 30.4 Å². The van der Waals surface area contributed by atoms with Gasteiger partial charge in [0.2, 0.25) is 0 Å². The van der Waals surface area contributed by atoms with Crippen LogP contribution in [0.1, 0.15) is 30.5 Å². The van der Waals surface area contributed by atoms with Crippen molar-refractivity contribution in [1.82, 2.24) is 5.32 Å². The fourth-order valence-corrected chi connectivity index (χ4v) is 1.86. The minimum Gasteiger partial charge on any atom is -0.310 e. The van der Waals surface area contributed by atoms with E-state index in [-0.39, 0.29) is 11.8 Å². The number of likely N-dealkylation sites (N-methyl/N-ethyl adjacent to an activating group) is 1. The van der Waals surface area contributed by atoms with Crippen molar-refractivity contribution in [2.75, 3.05) is 7.05 Å². The largest absolute Gasteiger partial charge is 0.310 e. The van der Waals surface area contributed by atoms with Gasteiger partial charge in [-0.25, -0.2) is 0 Å². The molecule has 0 aromatic heterocycles. The molecule has 1 aromatic carbocycles. The molecule has 92 valence electrons. The van der Waals surface area contributed by atoms with Crippen molar-refractivity contribution in [3.63, 3.8) is 0 Å². The summed E-state index contributed by atoms with van der Waals surface area (Å²) in [7, 11) is 1.83. The van der Waals surface area contributed by atoms with Gasteiger partial charge in [-0.3, -0.25) is 4.79 Å². The van der Waals surface area contributed by atoms with Crippen molar-refractivity contribution < 1.29 is 4.79 Å². The van der Waals surface area contributed by atoms with E-state index in [2.05, 4.69) is 36.5 Å². The van der Waals surface area contributed by atoms with E-state index in [9.17, 15) is 4.79 Å². The van der Waals surface area contributed by atoms with Crippen molar-refractivity contribution in [3.8, 4) is 0 Å². The Kier molecular flexibility index (Phi) is 5.11. The average molecular weight is 231 g/mol. The lowest BCUT2D eigenvalue weighted by molar-refractivity contribution is -0.118. The van der Waals surface area contributed by atoms with Crippen molar-refractivity contribution in [1.29, 1.82) is 0 Å². The zero-order valence-corrected chi connectivity index (χ0v) is 11.1. The van der Waals surface area contributed by atoms with Crippen molar-refractivity contribution >= 4 is 11.9 Å². The van der Waals surface area contributed by atoms with Crippen LogP contribution in [0.3, 0.4) is 0 Å². The summed E-state index contributed by atoms with van der Waals surface area (Å²) in [6.07, 6.45) is 4.88. The number of Topliss-reactive ketones (excluding diaryl/α,β-unsaturated/α-hetero) is 1. The molecule has 1 rings (SSSR count). The average Bonchev–Trinajstić information content (AvgIpc) is 2.30. The molecule has 0 saturated heterocycles. The maximum absolute atomic E-state index is 11.4. The van der Waals surface area contributed by atoms with Crippen LogP contribution in [0.4, 0.5) is 0 Å². The monoisotopic (exact) mass is 231 g/mol. The highest BCUT2D eigenvalue weighted by atomic mass is 16.1. The normalized spacial score (nSPS) is 12.9. The van der Waals surface area contributed by atoms with Crippen LogP contribution in [0.2, 0.25) is 0 Å². The Hall–Kier alpha value is -1.41. The highest BCUT2D eigenvalue weighted by Crippen LogP contribution is 2.14. The van der Waals surface area contributed by atoms with Crippen molar-refractivity contribution in [2.24, 2.45) is 0 Å². The second-order valence-electron chi connectivity index (χ2n) is 4.35. The minimum absolute atomic E-state index is 0.0869. The number of hydrogen-bond donors (Lipinski definition) is 1. The SMILES string of the molecule is C/C=C\c1cc(C[C@H](NC)C(C)=O)ccc1C. The number of aryl methyl sites for hydroxylation is 1. The standard InChI is InChI=1S/C15H21NO/c1-5-6-14-9-13(8-7-11(14)2)10-15(16-4)12(3)17/h5-9,15-16H,10H2,1-4H3/b6-5-/t15-/m0/s1. The van der Waals surface area contributed by atoms with Gasteiger partial charge in [0.25, 0.3) is 0 Å². The van der Waals surface area contributed by atoms with E-state index < -0.39 is 0 Å². The molecule has 0 amide bonds. The Morgan fingerprint density at radius 3 is 2.71 bits per heavy atom.